The van der Waals surface area contributed by atoms with Crippen molar-refractivity contribution in [3.63, 3.8) is 0 Å². The van der Waals surface area contributed by atoms with Crippen LogP contribution in [0.15, 0.2) is 53.5 Å². The van der Waals surface area contributed by atoms with Crippen LogP contribution in [0.4, 0.5) is 0 Å². The maximum absolute atomic E-state index is 10.3. The predicted molar refractivity (Wildman–Crippen MR) is 113 cm³/mol. The van der Waals surface area contributed by atoms with E-state index in [1.807, 2.05) is 67.4 Å². The number of rotatable bonds is 9. The molecule has 0 saturated heterocycles. The zero-order valence-corrected chi connectivity index (χ0v) is 17.2. The monoisotopic (exact) mass is 385 g/mol. The summed E-state index contributed by atoms with van der Waals surface area (Å²) in [5.41, 5.74) is 2.13. The smallest absolute Gasteiger partial charge is 0.194 e. The van der Waals surface area contributed by atoms with E-state index in [1.165, 1.54) is 0 Å². The number of benzene rings is 2. The van der Waals surface area contributed by atoms with E-state index in [0.717, 1.165) is 35.1 Å². The lowest BCUT2D eigenvalue weighted by Crippen LogP contribution is -2.39. The Labute approximate surface area is 167 Å². The molecule has 6 heteroatoms. The lowest BCUT2D eigenvalue weighted by Gasteiger charge is -2.23. The summed E-state index contributed by atoms with van der Waals surface area (Å²) < 4.78 is 10.7. The van der Waals surface area contributed by atoms with Crippen LogP contribution in [0.25, 0.3) is 0 Å². The van der Waals surface area contributed by atoms with Crippen LogP contribution in [0.3, 0.4) is 0 Å². The molecule has 6 nitrogen and oxygen atoms in total. The van der Waals surface area contributed by atoms with Crippen molar-refractivity contribution in [1.82, 2.24) is 10.2 Å². The van der Waals surface area contributed by atoms with Crippen molar-refractivity contribution in [1.29, 1.82) is 0 Å². The van der Waals surface area contributed by atoms with Gasteiger partial charge >= 0.3 is 0 Å². The van der Waals surface area contributed by atoms with Crippen LogP contribution in [-0.2, 0) is 13.0 Å². The SMILES string of the molecule is CCNC(=NCC(O)Cc1ccccc1)N(C)Cc1ccc(OC)cc1OC. The van der Waals surface area contributed by atoms with Gasteiger partial charge in [-0.25, -0.2) is 0 Å². The molecule has 0 aromatic heterocycles. The van der Waals surface area contributed by atoms with Crippen LogP contribution >= 0.6 is 0 Å². The largest absolute Gasteiger partial charge is 0.497 e. The van der Waals surface area contributed by atoms with Crippen molar-refractivity contribution in [2.45, 2.75) is 26.0 Å². The molecule has 0 aliphatic carbocycles. The lowest BCUT2D eigenvalue weighted by molar-refractivity contribution is 0.183. The van der Waals surface area contributed by atoms with Crippen LogP contribution in [0, 0.1) is 0 Å². The Morgan fingerprint density at radius 2 is 1.89 bits per heavy atom. The minimum Gasteiger partial charge on any atom is -0.497 e. The fourth-order valence-corrected chi connectivity index (χ4v) is 2.93. The molecule has 0 aliphatic heterocycles. The minimum absolute atomic E-state index is 0.335. The van der Waals surface area contributed by atoms with E-state index in [0.29, 0.717) is 19.5 Å². The van der Waals surface area contributed by atoms with E-state index in [2.05, 4.69) is 10.3 Å². The highest BCUT2D eigenvalue weighted by atomic mass is 16.5. The van der Waals surface area contributed by atoms with E-state index in [-0.39, 0.29) is 0 Å². The molecule has 28 heavy (non-hydrogen) atoms. The molecule has 0 fully saturated rings. The number of nitrogens with zero attached hydrogens (tertiary/aromatic N) is 2. The maximum Gasteiger partial charge on any atom is 0.194 e. The highest BCUT2D eigenvalue weighted by Gasteiger charge is 2.12. The van der Waals surface area contributed by atoms with E-state index >= 15 is 0 Å². The topological polar surface area (TPSA) is 66.3 Å². The van der Waals surface area contributed by atoms with E-state index in [9.17, 15) is 5.11 Å². The second kappa shape index (κ2) is 11.2. The van der Waals surface area contributed by atoms with Crippen molar-refractivity contribution < 1.29 is 14.6 Å². The summed E-state index contributed by atoms with van der Waals surface area (Å²) in [5.74, 6) is 2.27. The van der Waals surface area contributed by atoms with Gasteiger partial charge in [-0.05, 0) is 24.6 Å². The van der Waals surface area contributed by atoms with E-state index < -0.39 is 6.10 Å². The summed E-state index contributed by atoms with van der Waals surface area (Å²) in [6.45, 7) is 3.73. The minimum atomic E-state index is -0.528. The van der Waals surface area contributed by atoms with Gasteiger partial charge in [-0.1, -0.05) is 30.3 Å². The molecule has 0 radical (unpaired) electrons. The summed E-state index contributed by atoms with van der Waals surface area (Å²) in [6.07, 6.45) is 0.0553. The summed E-state index contributed by atoms with van der Waals surface area (Å²) in [6, 6.07) is 15.7. The predicted octanol–water partition coefficient (Wildman–Crippen LogP) is 2.70. The molecule has 0 spiro atoms. The second-order valence-electron chi connectivity index (χ2n) is 6.57. The normalized spacial score (nSPS) is 12.4. The maximum atomic E-state index is 10.3. The van der Waals surface area contributed by atoms with Crippen molar-refractivity contribution in [2.75, 3.05) is 34.4 Å². The average Bonchev–Trinajstić information content (AvgIpc) is 2.72. The van der Waals surface area contributed by atoms with Crippen molar-refractivity contribution in [3.8, 4) is 11.5 Å². The Kier molecular flexibility index (Phi) is 8.62. The highest BCUT2D eigenvalue weighted by Crippen LogP contribution is 2.25. The number of aliphatic hydroxyl groups is 1. The molecule has 2 aromatic carbocycles. The molecular weight excluding hydrogens is 354 g/mol. The van der Waals surface area contributed by atoms with Crippen molar-refractivity contribution >= 4 is 5.96 Å². The first kappa shape index (κ1) is 21.6. The number of nitrogens with one attached hydrogen (secondary N) is 1. The van der Waals surface area contributed by atoms with Gasteiger partial charge in [0.25, 0.3) is 0 Å². The molecule has 1 atom stereocenters. The van der Waals surface area contributed by atoms with Gasteiger partial charge in [0.2, 0.25) is 0 Å². The first-order valence-electron chi connectivity index (χ1n) is 9.49. The third-order valence-electron chi connectivity index (χ3n) is 4.36. The number of methoxy groups -OCH3 is 2. The Hall–Kier alpha value is -2.73. The lowest BCUT2D eigenvalue weighted by atomic mass is 10.1. The van der Waals surface area contributed by atoms with Gasteiger partial charge in [-0.2, -0.15) is 0 Å². The first-order chi connectivity index (χ1) is 13.6. The fourth-order valence-electron chi connectivity index (χ4n) is 2.93. The fraction of sp³-hybridized carbons (Fsp3) is 0.409. The standard InChI is InChI=1S/C22H31N3O3/c1-5-23-22(24-15-19(26)13-17-9-7-6-8-10-17)25(2)16-18-11-12-20(27-3)14-21(18)28-4/h6-12,14,19,26H,5,13,15-16H2,1-4H3,(H,23,24). The number of guanidine groups is 1. The van der Waals surface area contributed by atoms with E-state index in [4.69, 9.17) is 9.47 Å². The number of hydrogen-bond acceptors (Lipinski definition) is 4. The summed E-state index contributed by atoms with van der Waals surface area (Å²) in [4.78, 5) is 6.63. The first-order valence-corrected chi connectivity index (χ1v) is 9.49. The molecule has 2 N–H and O–H groups in total. The highest BCUT2D eigenvalue weighted by molar-refractivity contribution is 5.79. The average molecular weight is 386 g/mol. The quantitative estimate of drug-likeness (QED) is 0.513. The third-order valence-corrected chi connectivity index (χ3v) is 4.36. The summed E-state index contributed by atoms with van der Waals surface area (Å²) in [5, 5.41) is 13.6. The van der Waals surface area contributed by atoms with Gasteiger partial charge in [0, 0.05) is 38.2 Å². The van der Waals surface area contributed by atoms with Gasteiger partial charge in [0.1, 0.15) is 11.5 Å². The molecule has 2 aromatic rings. The number of hydrogen-bond donors (Lipinski definition) is 2. The third kappa shape index (κ3) is 6.46. The van der Waals surface area contributed by atoms with Crippen LogP contribution in [-0.4, -0.2) is 56.4 Å². The molecular formula is C22H31N3O3. The number of aliphatic imine (C=N–C) groups is 1. The molecule has 1 unspecified atom stereocenters. The zero-order chi connectivity index (χ0) is 20.4. The molecule has 0 bridgehead atoms. The molecule has 0 saturated carbocycles. The summed E-state index contributed by atoms with van der Waals surface area (Å²) >= 11 is 0. The zero-order valence-electron chi connectivity index (χ0n) is 17.2. The van der Waals surface area contributed by atoms with Crippen LogP contribution in [0.2, 0.25) is 0 Å². The summed E-state index contributed by atoms with van der Waals surface area (Å²) in [7, 11) is 5.25. The molecule has 152 valence electrons. The molecule has 2 rings (SSSR count). The van der Waals surface area contributed by atoms with Crippen molar-refractivity contribution in [2.24, 2.45) is 4.99 Å². The number of aliphatic hydroxyl groups excluding tert-OH is 1. The van der Waals surface area contributed by atoms with Crippen LogP contribution < -0.4 is 14.8 Å². The Bertz CT molecular complexity index is 750. The molecule has 0 amide bonds. The van der Waals surface area contributed by atoms with Gasteiger partial charge in [0.15, 0.2) is 5.96 Å². The van der Waals surface area contributed by atoms with Gasteiger partial charge < -0.3 is 24.8 Å². The number of ether oxygens (including phenoxy) is 2. The Morgan fingerprint density at radius 3 is 2.54 bits per heavy atom. The van der Waals surface area contributed by atoms with Gasteiger partial charge in [-0.15, -0.1) is 0 Å². The van der Waals surface area contributed by atoms with Crippen LogP contribution in [0.1, 0.15) is 18.1 Å². The van der Waals surface area contributed by atoms with Gasteiger partial charge in [0.05, 0.1) is 26.9 Å². The van der Waals surface area contributed by atoms with E-state index in [1.54, 1.807) is 14.2 Å². The van der Waals surface area contributed by atoms with Gasteiger partial charge in [-0.3, -0.25) is 4.99 Å². The second-order valence-corrected chi connectivity index (χ2v) is 6.57. The van der Waals surface area contributed by atoms with Crippen LogP contribution in [0.5, 0.6) is 11.5 Å². The molecule has 0 aliphatic rings. The Morgan fingerprint density at radius 1 is 1.14 bits per heavy atom. The Balaban J connectivity index is 2.04. The van der Waals surface area contributed by atoms with Crippen molar-refractivity contribution in [3.05, 3.63) is 59.7 Å². The molecule has 0 heterocycles.